The van der Waals surface area contributed by atoms with Crippen molar-refractivity contribution >= 4 is 21.8 Å². The van der Waals surface area contributed by atoms with E-state index < -0.39 is 22.4 Å². The van der Waals surface area contributed by atoms with E-state index in [1.54, 1.807) is 11.8 Å². The molecule has 1 aromatic rings. The molecule has 21 heavy (non-hydrogen) atoms. The second-order valence-corrected chi connectivity index (χ2v) is 7.47. The minimum Gasteiger partial charge on any atom is -0.384 e. The third kappa shape index (κ3) is 4.45. The number of sulfonamides is 1. The molecular weight excluding hydrogens is 313 g/mol. The van der Waals surface area contributed by atoms with Crippen LogP contribution in [0, 0.1) is 17.7 Å². The molecule has 1 aromatic carbocycles. The van der Waals surface area contributed by atoms with Gasteiger partial charge in [-0.15, -0.1) is 0 Å². The molecule has 0 bridgehead atoms. The van der Waals surface area contributed by atoms with Crippen LogP contribution in [0.25, 0.3) is 0 Å². The Morgan fingerprint density at radius 1 is 1.48 bits per heavy atom. The number of thioether (sulfide) groups is 1. The number of hydrogen-bond acceptors (Lipinski definition) is 4. The highest BCUT2D eigenvalue weighted by Gasteiger charge is 2.24. The SMILES string of the molecule is O=S(=O)(NC1CCCSC1)c1ccc(F)cc1C#CCO. The molecule has 7 heteroatoms. The van der Waals surface area contributed by atoms with Crippen molar-refractivity contribution in [1.29, 1.82) is 0 Å². The van der Waals surface area contributed by atoms with Crippen LogP contribution >= 0.6 is 11.8 Å². The second-order valence-electron chi connectivity index (χ2n) is 4.64. The van der Waals surface area contributed by atoms with Crippen molar-refractivity contribution < 1.29 is 17.9 Å². The Morgan fingerprint density at radius 3 is 2.95 bits per heavy atom. The second kappa shape index (κ2) is 7.27. The van der Waals surface area contributed by atoms with Gasteiger partial charge in [-0.3, -0.25) is 0 Å². The van der Waals surface area contributed by atoms with Gasteiger partial charge >= 0.3 is 0 Å². The van der Waals surface area contributed by atoms with E-state index in [2.05, 4.69) is 16.6 Å². The van der Waals surface area contributed by atoms with Gasteiger partial charge in [0.2, 0.25) is 10.0 Å². The normalized spacial score (nSPS) is 18.9. The smallest absolute Gasteiger partial charge is 0.242 e. The quantitative estimate of drug-likeness (QED) is 0.822. The number of hydrogen-bond donors (Lipinski definition) is 2. The van der Waals surface area contributed by atoms with Gasteiger partial charge in [-0.1, -0.05) is 11.8 Å². The first-order valence-corrected chi connectivity index (χ1v) is 9.16. The van der Waals surface area contributed by atoms with Crippen LogP contribution in [-0.4, -0.2) is 37.7 Å². The molecule has 1 unspecified atom stereocenters. The summed E-state index contributed by atoms with van der Waals surface area (Å²) in [5.41, 5.74) is 0.0556. The van der Waals surface area contributed by atoms with Crippen molar-refractivity contribution in [3.8, 4) is 11.8 Å². The van der Waals surface area contributed by atoms with Gasteiger partial charge in [0.1, 0.15) is 12.4 Å². The fourth-order valence-corrected chi connectivity index (χ4v) is 4.68. The molecule has 0 aromatic heterocycles. The third-order valence-electron chi connectivity index (χ3n) is 3.02. The summed E-state index contributed by atoms with van der Waals surface area (Å²) in [6, 6.07) is 3.24. The van der Waals surface area contributed by atoms with Gasteiger partial charge in [0, 0.05) is 17.4 Å². The highest BCUT2D eigenvalue weighted by Crippen LogP contribution is 2.21. The zero-order chi connectivity index (χ0) is 15.3. The van der Waals surface area contributed by atoms with Gasteiger partial charge in [-0.25, -0.2) is 17.5 Å². The summed E-state index contributed by atoms with van der Waals surface area (Å²) in [6.45, 7) is -0.414. The van der Waals surface area contributed by atoms with Gasteiger partial charge in [0.05, 0.1) is 4.90 Å². The summed E-state index contributed by atoms with van der Waals surface area (Å²) in [7, 11) is -3.75. The fourth-order valence-electron chi connectivity index (χ4n) is 2.09. The highest BCUT2D eigenvalue weighted by atomic mass is 32.2. The monoisotopic (exact) mass is 329 g/mol. The van der Waals surface area contributed by atoms with E-state index in [0.29, 0.717) is 0 Å². The lowest BCUT2D eigenvalue weighted by atomic mass is 10.2. The molecule has 1 fully saturated rings. The van der Waals surface area contributed by atoms with Crippen molar-refractivity contribution in [2.75, 3.05) is 18.1 Å². The minimum atomic E-state index is -3.75. The lowest BCUT2D eigenvalue weighted by Crippen LogP contribution is -2.38. The van der Waals surface area contributed by atoms with Crippen molar-refractivity contribution in [1.82, 2.24) is 4.72 Å². The summed E-state index contributed by atoms with van der Waals surface area (Å²) in [5, 5.41) is 8.72. The van der Waals surface area contributed by atoms with Gasteiger partial charge in [0.25, 0.3) is 0 Å². The van der Waals surface area contributed by atoms with Gasteiger partial charge in [0.15, 0.2) is 0 Å². The molecule has 2 rings (SSSR count). The molecule has 0 aliphatic carbocycles. The van der Waals surface area contributed by atoms with Crippen molar-refractivity contribution in [2.24, 2.45) is 0 Å². The first-order valence-electron chi connectivity index (χ1n) is 6.52. The molecule has 1 aliphatic rings. The largest absolute Gasteiger partial charge is 0.384 e. The summed E-state index contributed by atoms with van der Waals surface area (Å²) in [6.07, 6.45) is 1.77. The van der Waals surface area contributed by atoms with E-state index in [1.165, 1.54) is 6.07 Å². The van der Waals surface area contributed by atoms with E-state index >= 15 is 0 Å². The Morgan fingerprint density at radius 2 is 2.29 bits per heavy atom. The molecule has 0 spiro atoms. The maximum Gasteiger partial charge on any atom is 0.242 e. The zero-order valence-corrected chi connectivity index (χ0v) is 12.9. The molecule has 0 radical (unpaired) electrons. The molecule has 2 N–H and O–H groups in total. The van der Waals surface area contributed by atoms with Crippen molar-refractivity contribution in [2.45, 2.75) is 23.8 Å². The van der Waals surface area contributed by atoms with Crippen molar-refractivity contribution in [3.63, 3.8) is 0 Å². The van der Waals surface area contributed by atoms with E-state index in [9.17, 15) is 12.8 Å². The summed E-state index contributed by atoms with van der Waals surface area (Å²) in [5.74, 6) is 6.05. The first-order chi connectivity index (χ1) is 10.0. The molecule has 1 saturated heterocycles. The zero-order valence-electron chi connectivity index (χ0n) is 11.3. The summed E-state index contributed by atoms with van der Waals surface area (Å²) < 4.78 is 40.8. The predicted molar refractivity (Wildman–Crippen MR) is 81.0 cm³/mol. The van der Waals surface area contributed by atoms with Crippen LogP contribution in [0.1, 0.15) is 18.4 Å². The molecule has 1 atom stereocenters. The standard InChI is InChI=1S/C14H16FNO3S2/c15-12-5-6-14(11(9-12)3-1-7-17)21(18,19)16-13-4-2-8-20-10-13/h5-6,9,13,16-17H,2,4,7-8,10H2. The van der Waals surface area contributed by atoms with E-state index in [-0.39, 0.29) is 16.5 Å². The predicted octanol–water partition coefficient (Wildman–Crippen LogP) is 1.34. The molecule has 0 amide bonds. The number of nitrogens with one attached hydrogen (secondary N) is 1. The van der Waals surface area contributed by atoms with Gasteiger partial charge in [-0.2, -0.15) is 11.8 Å². The number of aliphatic hydroxyl groups is 1. The number of rotatable bonds is 3. The van der Waals surface area contributed by atoms with Crippen LogP contribution < -0.4 is 4.72 Å². The topological polar surface area (TPSA) is 66.4 Å². The average Bonchev–Trinajstić information content (AvgIpc) is 2.45. The molecular formula is C14H16FNO3S2. The van der Waals surface area contributed by atoms with E-state index in [0.717, 1.165) is 36.5 Å². The molecule has 1 heterocycles. The van der Waals surface area contributed by atoms with Crippen LogP contribution in [-0.2, 0) is 10.0 Å². The minimum absolute atomic E-state index is 0.0552. The molecule has 114 valence electrons. The van der Waals surface area contributed by atoms with Crippen LogP contribution in [0.4, 0.5) is 4.39 Å². The van der Waals surface area contributed by atoms with E-state index in [1.807, 2.05) is 0 Å². The van der Waals surface area contributed by atoms with Crippen LogP contribution in [0.3, 0.4) is 0 Å². The highest BCUT2D eigenvalue weighted by molar-refractivity contribution is 7.99. The number of halogens is 1. The first kappa shape index (κ1) is 16.3. The summed E-state index contributed by atoms with van der Waals surface area (Å²) in [4.78, 5) is -0.0552. The lowest BCUT2D eigenvalue weighted by molar-refractivity contribution is 0.350. The number of benzene rings is 1. The Balaban J connectivity index is 2.30. The Hall–Kier alpha value is -1.07. The van der Waals surface area contributed by atoms with Gasteiger partial charge in [-0.05, 0) is 36.8 Å². The van der Waals surface area contributed by atoms with Gasteiger partial charge < -0.3 is 5.11 Å². The third-order valence-corrected chi connectivity index (χ3v) is 5.81. The van der Waals surface area contributed by atoms with Crippen molar-refractivity contribution in [3.05, 3.63) is 29.6 Å². The van der Waals surface area contributed by atoms with Crippen LogP contribution in [0.15, 0.2) is 23.1 Å². The maximum atomic E-state index is 13.3. The molecule has 4 nitrogen and oxygen atoms in total. The van der Waals surface area contributed by atoms with Crippen LogP contribution in [0.2, 0.25) is 0 Å². The Kier molecular flexibility index (Phi) is 5.65. The Bertz CT molecular complexity index is 659. The molecule has 0 saturated carbocycles. The summed E-state index contributed by atoms with van der Waals surface area (Å²) >= 11 is 1.71. The van der Waals surface area contributed by atoms with Crippen LogP contribution in [0.5, 0.6) is 0 Å². The van der Waals surface area contributed by atoms with E-state index in [4.69, 9.17) is 5.11 Å². The Labute approximate surface area is 128 Å². The maximum absolute atomic E-state index is 13.3. The lowest BCUT2D eigenvalue weighted by Gasteiger charge is -2.22. The average molecular weight is 329 g/mol. The number of aliphatic hydroxyl groups excluding tert-OH is 1. The fraction of sp³-hybridized carbons (Fsp3) is 0.429. The molecule has 1 aliphatic heterocycles.